The molecule has 0 bridgehead atoms. The van der Waals surface area contributed by atoms with E-state index in [-0.39, 0.29) is 12.4 Å². The SMILES string of the molecule is Fc1ccc(OCc2ccc(Br)cc2Cl)cc1F. The van der Waals surface area contributed by atoms with E-state index in [0.717, 1.165) is 22.2 Å². The van der Waals surface area contributed by atoms with Gasteiger partial charge in [0.05, 0.1) is 0 Å². The molecule has 0 fully saturated rings. The van der Waals surface area contributed by atoms with Crippen LogP contribution in [0.5, 0.6) is 5.75 Å². The average molecular weight is 334 g/mol. The van der Waals surface area contributed by atoms with Gasteiger partial charge in [0, 0.05) is 21.1 Å². The normalized spacial score (nSPS) is 10.4. The lowest BCUT2D eigenvalue weighted by molar-refractivity contribution is 0.303. The van der Waals surface area contributed by atoms with Crippen molar-refractivity contribution in [3.05, 3.63) is 63.1 Å². The lowest BCUT2D eigenvalue weighted by Crippen LogP contribution is -1.97. The van der Waals surface area contributed by atoms with E-state index in [1.165, 1.54) is 6.07 Å². The monoisotopic (exact) mass is 332 g/mol. The quantitative estimate of drug-likeness (QED) is 0.771. The van der Waals surface area contributed by atoms with Crippen molar-refractivity contribution in [2.24, 2.45) is 0 Å². The van der Waals surface area contributed by atoms with Crippen LogP contribution in [0.1, 0.15) is 5.56 Å². The summed E-state index contributed by atoms with van der Waals surface area (Å²) in [7, 11) is 0. The maximum Gasteiger partial charge on any atom is 0.162 e. The fraction of sp³-hybridized carbons (Fsp3) is 0.0769. The number of rotatable bonds is 3. The van der Waals surface area contributed by atoms with Crippen molar-refractivity contribution in [1.29, 1.82) is 0 Å². The summed E-state index contributed by atoms with van der Waals surface area (Å²) in [5.74, 6) is -1.58. The average Bonchev–Trinajstić information content (AvgIpc) is 2.32. The molecule has 2 aromatic rings. The van der Waals surface area contributed by atoms with E-state index in [0.29, 0.717) is 5.02 Å². The predicted molar refractivity (Wildman–Crippen MR) is 69.8 cm³/mol. The van der Waals surface area contributed by atoms with Gasteiger partial charge in [-0.3, -0.25) is 0 Å². The molecule has 2 aromatic carbocycles. The molecule has 0 radical (unpaired) electrons. The first-order valence-corrected chi connectivity index (χ1v) is 6.25. The Labute approximate surface area is 116 Å². The Kier molecular flexibility index (Phi) is 4.19. The van der Waals surface area contributed by atoms with E-state index < -0.39 is 11.6 Å². The summed E-state index contributed by atoms with van der Waals surface area (Å²) >= 11 is 9.30. The molecule has 18 heavy (non-hydrogen) atoms. The Balaban J connectivity index is 2.09. The van der Waals surface area contributed by atoms with Gasteiger partial charge in [-0.05, 0) is 24.3 Å². The largest absolute Gasteiger partial charge is 0.489 e. The van der Waals surface area contributed by atoms with Crippen LogP contribution in [0.3, 0.4) is 0 Å². The summed E-state index contributed by atoms with van der Waals surface area (Å²) in [4.78, 5) is 0. The van der Waals surface area contributed by atoms with Gasteiger partial charge < -0.3 is 4.74 Å². The zero-order chi connectivity index (χ0) is 13.1. The highest BCUT2D eigenvalue weighted by molar-refractivity contribution is 9.10. The Hall–Kier alpha value is -1.13. The highest BCUT2D eigenvalue weighted by Crippen LogP contribution is 2.23. The molecule has 0 aliphatic carbocycles. The third kappa shape index (κ3) is 3.21. The van der Waals surface area contributed by atoms with Crippen LogP contribution in [0.15, 0.2) is 40.9 Å². The van der Waals surface area contributed by atoms with Gasteiger partial charge in [-0.25, -0.2) is 8.78 Å². The molecule has 0 N–H and O–H groups in total. The standard InChI is InChI=1S/C13H8BrClF2O/c14-9-2-1-8(11(15)5-9)7-18-10-3-4-12(16)13(17)6-10/h1-6H,7H2. The van der Waals surface area contributed by atoms with Crippen LogP contribution in [0.25, 0.3) is 0 Å². The Morgan fingerprint density at radius 2 is 1.83 bits per heavy atom. The van der Waals surface area contributed by atoms with Crippen LogP contribution in [-0.2, 0) is 6.61 Å². The minimum absolute atomic E-state index is 0.192. The van der Waals surface area contributed by atoms with Crippen LogP contribution in [0, 0.1) is 11.6 Å². The molecule has 0 saturated heterocycles. The molecule has 0 aliphatic heterocycles. The lowest BCUT2D eigenvalue weighted by Gasteiger charge is -2.08. The summed E-state index contributed by atoms with van der Waals surface area (Å²) in [6.07, 6.45) is 0. The Bertz CT molecular complexity index is 575. The molecule has 2 rings (SSSR count). The van der Waals surface area contributed by atoms with Gasteiger partial charge >= 0.3 is 0 Å². The van der Waals surface area contributed by atoms with Crippen LogP contribution in [-0.4, -0.2) is 0 Å². The molecule has 5 heteroatoms. The fourth-order valence-electron chi connectivity index (χ4n) is 1.37. The van der Waals surface area contributed by atoms with E-state index >= 15 is 0 Å². The van der Waals surface area contributed by atoms with Crippen LogP contribution in [0.2, 0.25) is 5.02 Å². The number of hydrogen-bond donors (Lipinski definition) is 0. The maximum absolute atomic E-state index is 12.9. The van der Waals surface area contributed by atoms with Gasteiger partial charge in [-0.1, -0.05) is 33.6 Å². The number of benzene rings is 2. The second kappa shape index (κ2) is 5.67. The molecule has 0 heterocycles. The zero-order valence-corrected chi connectivity index (χ0v) is 11.4. The van der Waals surface area contributed by atoms with E-state index in [9.17, 15) is 8.78 Å². The lowest BCUT2D eigenvalue weighted by atomic mass is 10.2. The second-order valence-electron chi connectivity index (χ2n) is 3.60. The highest BCUT2D eigenvalue weighted by Gasteiger charge is 2.05. The fourth-order valence-corrected chi connectivity index (χ4v) is 2.09. The zero-order valence-electron chi connectivity index (χ0n) is 9.09. The first-order valence-electron chi connectivity index (χ1n) is 5.08. The van der Waals surface area contributed by atoms with Crippen LogP contribution in [0.4, 0.5) is 8.78 Å². The topological polar surface area (TPSA) is 9.23 Å². The Morgan fingerprint density at radius 1 is 1.06 bits per heavy atom. The van der Waals surface area contributed by atoms with Gasteiger partial charge in [-0.15, -0.1) is 0 Å². The molecule has 94 valence electrons. The van der Waals surface area contributed by atoms with Crippen molar-refractivity contribution in [1.82, 2.24) is 0 Å². The smallest absolute Gasteiger partial charge is 0.162 e. The molecule has 0 atom stereocenters. The first-order chi connectivity index (χ1) is 8.56. The summed E-state index contributed by atoms with van der Waals surface area (Å²) in [6.45, 7) is 0.192. The van der Waals surface area contributed by atoms with Crippen molar-refractivity contribution in [3.63, 3.8) is 0 Å². The molecule has 0 unspecified atom stereocenters. The number of ether oxygens (including phenoxy) is 1. The third-order valence-electron chi connectivity index (χ3n) is 2.30. The molecule has 0 aliphatic rings. The maximum atomic E-state index is 12.9. The van der Waals surface area contributed by atoms with Gasteiger partial charge in [0.15, 0.2) is 11.6 Å². The van der Waals surface area contributed by atoms with Crippen molar-refractivity contribution in [2.45, 2.75) is 6.61 Å². The first kappa shape index (κ1) is 13.3. The van der Waals surface area contributed by atoms with Crippen LogP contribution >= 0.6 is 27.5 Å². The van der Waals surface area contributed by atoms with E-state index in [4.69, 9.17) is 16.3 Å². The summed E-state index contributed by atoms with van der Waals surface area (Å²) in [5, 5.41) is 0.548. The number of hydrogen-bond acceptors (Lipinski definition) is 1. The molecular weight excluding hydrogens is 325 g/mol. The van der Waals surface area contributed by atoms with Crippen molar-refractivity contribution in [3.8, 4) is 5.75 Å². The molecule has 0 saturated carbocycles. The minimum atomic E-state index is -0.936. The van der Waals surface area contributed by atoms with Gasteiger partial charge in [-0.2, -0.15) is 0 Å². The van der Waals surface area contributed by atoms with Crippen molar-refractivity contribution >= 4 is 27.5 Å². The van der Waals surface area contributed by atoms with Crippen molar-refractivity contribution in [2.75, 3.05) is 0 Å². The van der Waals surface area contributed by atoms with Crippen LogP contribution < -0.4 is 4.74 Å². The van der Waals surface area contributed by atoms with Gasteiger partial charge in [0.25, 0.3) is 0 Å². The second-order valence-corrected chi connectivity index (χ2v) is 4.92. The minimum Gasteiger partial charge on any atom is -0.489 e. The number of halogens is 4. The highest BCUT2D eigenvalue weighted by atomic mass is 79.9. The molecule has 0 aromatic heterocycles. The van der Waals surface area contributed by atoms with Crippen molar-refractivity contribution < 1.29 is 13.5 Å². The van der Waals surface area contributed by atoms with Gasteiger partial charge in [0.2, 0.25) is 0 Å². The van der Waals surface area contributed by atoms with E-state index in [2.05, 4.69) is 15.9 Å². The van der Waals surface area contributed by atoms with E-state index in [1.54, 1.807) is 12.1 Å². The van der Waals surface area contributed by atoms with Gasteiger partial charge in [0.1, 0.15) is 12.4 Å². The summed E-state index contributed by atoms with van der Waals surface area (Å²) < 4.78 is 31.9. The molecular formula is C13H8BrClF2O. The predicted octanol–water partition coefficient (Wildman–Crippen LogP) is 4.96. The third-order valence-corrected chi connectivity index (χ3v) is 3.15. The van der Waals surface area contributed by atoms with E-state index in [1.807, 2.05) is 6.07 Å². The molecule has 0 spiro atoms. The summed E-state index contributed by atoms with van der Waals surface area (Å²) in [5.41, 5.74) is 0.768. The molecule has 0 amide bonds. The molecule has 1 nitrogen and oxygen atoms in total. The Morgan fingerprint density at radius 3 is 2.50 bits per heavy atom. The summed E-state index contributed by atoms with van der Waals surface area (Å²) in [6, 6.07) is 8.76.